The van der Waals surface area contributed by atoms with Crippen molar-refractivity contribution in [3.63, 3.8) is 0 Å². The zero-order valence-corrected chi connectivity index (χ0v) is 20.6. The van der Waals surface area contributed by atoms with Gasteiger partial charge in [-0.3, -0.25) is 4.79 Å². The SMILES string of the molecule is CCOC(=O)c1cnn(-c2ccccc2)c1NC(=O)c1ccc(COc2ccc(C(C)CC)cc2)o1. The number of nitrogens with zero attached hydrogens (tertiary/aromatic N) is 2. The molecule has 1 N–H and O–H groups in total. The number of benzene rings is 2. The van der Waals surface area contributed by atoms with Crippen molar-refractivity contribution in [1.82, 2.24) is 9.78 Å². The van der Waals surface area contributed by atoms with E-state index in [4.69, 9.17) is 13.9 Å². The number of hydrogen-bond donors (Lipinski definition) is 1. The number of anilines is 1. The van der Waals surface area contributed by atoms with Gasteiger partial charge in [-0.1, -0.05) is 44.2 Å². The number of rotatable bonds is 10. The van der Waals surface area contributed by atoms with Gasteiger partial charge in [-0.05, 0) is 61.2 Å². The van der Waals surface area contributed by atoms with Crippen molar-refractivity contribution in [3.8, 4) is 11.4 Å². The van der Waals surface area contributed by atoms with Crippen LogP contribution in [0.15, 0.2) is 77.3 Å². The van der Waals surface area contributed by atoms with Crippen LogP contribution < -0.4 is 10.1 Å². The number of ether oxygens (including phenoxy) is 2. The molecular formula is C28H29N3O5. The highest BCUT2D eigenvalue weighted by molar-refractivity contribution is 6.06. The molecule has 8 nitrogen and oxygen atoms in total. The summed E-state index contributed by atoms with van der Waals surface area (Å²) in [5.41, 5.74) is 2.08. The molecule has 8 heteroatoms. The van der Waals surface area contributed by atoms with Crippen LogP contribution >= 0.6 is 0 Å². The molecule has 2 heterocycles. The lowest BCUT2D eigenvalue weighted by molar-refractivity contribution is 0.0527. The molecule has 0 fully saturated rings. The molecule has 0 radical (unpaired) electrons. The van der Waals surface area contributed by atoms with Gasteiger partial charge in [0.15, 0.2) is 11.6 Å². The topological polar surface area (TPSA) is 95.6 Å². The molecule has 0 aliphatic heterocycles. The molecule has 36 heavy (non-hydrogen) atoms. The summed E-state index contributed by atoms with van der Waals surface area (Å²) in [7, 11) is 0. The fourth-order valence-corrected chi connectivity index (χ4v) is 3.62. The van der Waals surface area contributed by atoms with Gasteiger partial charge in [-0.25, -0.2) is 9.48 Å². The molecule has 0 bridgehead atoms. The first-order chi connectivity index (χ1) is 17.5. The average molecular weight is 488 g/mol. The number of carbonyl (C=O) groups is 2. The quantitative estimate of drug-likeness (QED) is 0.276. The highest BCUT2D eigenvalue weighted by atomic mass is 16.5. The minimum atomic E-state index is -0.581. The maximum atomic E-state index is 13.0. The van der Waals surface area contributed by atoms with Crippen LogP contribution in [0.25, 0.3) is 5.69 Å². The monoisotopic (exact) mass is 487 g/mol. The third kappa shape index (κ3) is 5.66. The lowest BCUT2D eigenvalue weighted by atomic mass is 9.99. The van der Waals surface area contributed by atoms with Gasteiger partial charge in [0.25, 0.3) is 5.91 Å². The van der Waals surface area contributed by atoms with Gasteiger partial charge < -0.3 is 19.2 Å². The second-order valence-electron chi connectivity index (χ2n) is 8.26. The standard InChI is InChI=1S/C28H29N3O5/c1-4-19(3)20-11-13-22(14-12-20)35-18-23-15-16-25(36-23)27(32)30-26-24(28(33)34-5-2)17-29-31(26)21-9-7-6-8-10-21/h6-17,19H,4-5,18H2,1-3H3,(H,30,32). The molecule has 0 saturated carbocycles. The summed E-state index contributed by atoms with van der Waals surface area (Å²) in [6.07, 6.45) is 2.44. The van der Waals surface area contributed by atoms with Crippen LogP contribution in [0.1, 0.15) is 65.3 Å². The molecule has 2 aromatic heterocycles. The van der Waals surface area contributed by atoms with Crippen LogP contribution in [0.5, 0.6) is 5.75 Å². The van der Waals surface area contributed by atoms with Crippen molar-refractivity contribution in [1.29, 1.82) is 0 Å². The van der Waals surface area contributed by atoms with Gasteiger partial charge in [0.2, 0.25) is 0 Å². The minimum Gasteiger partial charge on any atom is -0.486 e. The van der Waals surface area contributed by atoms with E-state index in [1.807, 2.05) is 42.5 Å². The first kappa shape index (κ1) is 24.8. The predicted octanol–water partition coefficient (Wildman–Crippen LogP) is 5.99. The lowest BCUT2D eigenvalue weighted by Gasteiger charge is -2.10. The third-order valence-corrected chi connectivity index (χ3v) is 5.83. The number of para-hydroxylation sites is 1. The zero-order valence-electron chi connectivity index (χ0n) is 20.6. The Balaban J connectivity index is 1.47. The lowest BCUT2D eigenvalue weighted by Crippen LogP contribution is -2.17. The van der Waals surface area contributed by atoms with Gasteiger partial charge in [0.05, 0.1) is 18.5 Å². The number of amides is 1. The van der Waals surface area contributed by atoms with Crippen molar-refractivity contribution >= 4 is 17.7 Å². The Hall–Kier alpha value is -4.33. The molecule has 1 atom stereocenters. The van der Waals surface area contributed by atoms with Crippen molar-refractivity contribution in [2.45, 2.75) is 39.7 Å². The fourth-order valence-electron chi connectivity index (χ4n) is 3.62. The van der Waals surface area contributed by atoms with Crippen molar-refractivity contribution in [2.75, 3.05) is 11.9 Å². The minimum absolute atomic E-state index is 0.0799. The summed E-state index contributed by atoms with van der Waals surface area (Å²) in [5.74, 6) is 0.873. The van der Waals surface area contributed by atoms with E-state index in [0.29, 0.717) is 17.4 Å². The summed E-state index contributed by atoms with van der Waals surface area (Å²) in [4.78, 5) is 25.5. The molecule has 1 amide bonds. The van der Waals surface area contributed by atoms with E-state index in [1.54, 1.807) is 19.1 Å². The van der Waals surface area contributed by atoms with E-state index in [2.05, 4.69) is 36.4 Å². The van der Waals surface area contributed by atoms with Crippen LogP contribution in [-0.2, 0) is 11.3 Å². The van der Waals surface area contributed by atoms with E-state index in [1.165, 1.54) is 16.4 Å². The van der Waals surface area contributed by atoms with E-state index in [9.17, 15) is 9.59 Å². The highest BCUT2D eigenvalue weighted by Crippen LogP contribution is 2.24. The number of carbonyl (C=O) groups excluding carboxylic acids is 2. The Morgan fingerprint density at radius 2 is 1.78 bits per heavy atom. The summed E-state index contributed by atoms with van der Waals surface area (Å²) in [5, 5.41) is 7.03. The van der Waals surface area contributed by atoms with Gasteiger partial charge in [-0.15, -0.1) is 0 Å². The van der Waals surface area contributed by atoms with Gasteiger partial charge in [-0.2, -0.15) is 5.10 Å². The molecule has 0 saturated heterocycles. The Bertz CT molecular complexity index is 1310. The largest absolute Gasteiger partial charge is 0.486 e. The van der Waals surface area contributed by atoms with Crippen LogP contribution in [-0.4, -0.2) is 28.3 Å². The van der Waals surface area contributed by atoms with Crippen LogP contribution in [0, 0.1) is 0 Å². The first-order valence-electron chi connectivity index (χ1n) is 11.9. The van der Waals surface area contributed by atoms with Crippen LogP contribution in [0.2, 0.25) is 0 Å². The Morgan fingerprint density at radius 3 is 2.47 bits per heavy atom. The second kappa shape index (κ2) is 11.4. The molecule has 0 spiro atoms. The van der Waals surface area contributed by atoms with Gasteiger partial charge in [0, 0.05) is 0 Å². The predicted molar refractivity (Wildman–Crippen MR) is 136 cm³/mol. The summed E-state index contributed by atoms with van der Waals surface area (Å²) < 4.78 is 18.1. The van der Waals surface area contributed by atoms with E-state index in [0.717, 1.165) is 12.2 Å². The molecule has 2 aromatic carbocycles. The summed E-state index contributed by atoms with van der Waals surface area (Å²) in [6.45, 7) is 6.43. The van der Waals surface area contributed by atoms with Crippen molar-refractivity contribution in [2.24, 2.45) is 0 Å². The van der Waals surface area contributed by atoms with Crippen molar-refractivity contribution < 1.29 is 23.5 Å². The summed E-state index contributed by atoms with van der Waals surface area (Å²) in [6, 6.07) is 20.4. The number of hydrogen-bond acceptors (Lipinski definition) is 6. The second-order valence-corrected chi connectivity index (χ2v) is 8.26. The highest BCUT2D eigenvalue weighted by Gasteiger charge is 2.23. The third-order valence-electron chi connectivity index (χ3n) is 5.83. The number of furan rings is 1. The number of aromatic nitrogens is 2. The maximum absolute atomic E-state index is 13.0. The molecule has 0 aliphatic rings. The smallest absolute Gasteiger partial charge is 0.343 e. The van der Waals surface area contributed by atoms with Gasteiger partial charge >= 0.3 is 5.97 Å². The molecule has 1 unspecified atom stereocenters. The molecule has 4 rings (SSSR count). The molecular weight excluding hydrogens is 458 g/mol. The van der Waals surface area contributed by atoms with E-state index >= 15 is 0 Å². The Morgan fingerprint density at radius 1 is 1.03 bits per heavy atom. The Kier molecular flexibility index (Phi) is 7.85. The number of esters is 1. The first-order valence-corrected chi connectivity index (χ1v) is 11.9. The maximum Gasteiger partial charge on any atom is 0.343 e. The van der Waals surface area contributed by atoms with Crippen LogP contribution in [0.4, 0.5) is 5.82 Å². The summed E-state index contributed by atoms with van der Waals surface area (Å²) >= 11 is 0. The molecule has 4 aromatic rings. The van der Waals surface area contributed by atoms with E-state index < -0.39 is 11.9 Å². The zero-order chi connectivity index (χ0) is 25.5. The number of nitrogens with one attached hydrogen (secondary N) is 1. The molecule has 186 valence electrons. The average Bonchev–Trinajstić information content (AvgIpc) is 3.55. The fraction of sp³-hybridized carbons (Fsp3) is 0.250. The Labute approximate surface area is 209 Å². The van der Waals surface area contributed by atoms with E-state index in [-0.39, 0.29) is 30.4 Å². The van der Waals surface area contributed by atoms with Crippen molar-refractivity contribution in [3.05, 3.63) is 95.6 Å². The molecule has 0 aliphatic carbocycles. The van der Waals surface area contributed by atoms with Crippen LogP contribution in [0.3, 0.4) is 0 Å². The normalized spacial score (nSPS) is 11.6. The van der Waals surface area contributed by atoms with Gasteiger partial charge in [0.1, 0.15) is 23.7 Å².